The second kappa shape index (κ2) is 7.88. The van der Waals surface area contributed by atoms with Gasteiger partial charge in [0.05, 0.1) is 5.56 Å². The van der Waals surface area contributed by atoms with Crippen molar-refractivity contribution >= 4 is 17.4 Å². The third kappa shape index (κ3) is 4.59. The second-order valence-corrected chi connectivity index (χ2v) is 3.90. The van der Waals surface area contributed by atoms with E-state index in [4.69, 9.17) is 21.6 Å². The van der Waals surface area contributed by atoms with Gasteiger partial charge in [-0.15, -0.1) is 0 Å². The van der Waals surface area contributed by atoms with Crippen LogP contribution in [0.15, 0.2) is 12.3 Å². The van der Waals surface area contributed by atoms with Crippen LogP contribution in [-0.4, -0.2) is 24.7 Å². The van der Waals surface area contributed by atoms with E-state index in [0.717, 1.165) is 32.6 Å². The first-order valence-corrected chi connectivity index (χ1v) is 6.03. The molecule has 92 valence electrons. The minimum absolute atomic E-state index is 0.379. The van der Waals surface area contributed by atoms with Crippen molar-refractivity contribution in [2.45, 2.75) is 19.8 Å². The topological polar surface area (TPSA) is 57.9 Å². The molecule has 0 saturated heterocycles. The smallest absolute Gasteiger partial charge is 0.146 e. The number of nitrogens with one attached hydrogen (secondary N) is 1. The molecule has 0 saturated carbocycles. The van der Waals surface area contributed by atoms with Crippen LogP contribution in [0.2, 0.25) is 5.02 Å². The van der Waals surface area contributed by atoms with Crippen molar-refractivity contribution in [1.29, 1.82) is 5.26 Å². The summed E-state index contributed by atoms with van der Waals surface area (Å²) in [4.78, 5) is 4.09. The van der Waals surface area contributed by atoms with E-state index in [2.05, 4.69) is 17.2 Å². The molecule has 0 aliphatic rings. The number of rotatable bonds is 7. The number of aromatic nitrogens is 1. The van der Waals surface area contributed by atoms with Crippen LogP contribution in [0.4, 0.5) is 5.82 Å². The Morgan fingerprint density at radius 1 is 1.53 bits per heavy atom. The van der Waals surface area contributed by atoms with E-state index in [9.17, 15) is 0 Å². The van der Waals surface area contributed by atoms with Gasteiger partial charge in [-0.05, 0) is 18.9 Å². The van der Waals surface area contributed by atoms with Gasteiger partial charge in [0.1, 0.15) is 16.9 Å². The molecule has 0 bridgehead atoms. The number of ether oxygens (including phenoxy) is 1. The summed E-state index contributed by atoms with van der Waals surface area (Å²) >= 11 is 5.99. The molecule has 0 aliphatic carbocycles. The maximum atomic E-state index is 8.80. The van der Waals surface area contributed by atoms with Gasteiger partial charge in [0, 0.05) is 26.0 Å². The molecule has 1 aromatic heterocycles. The molecular weight excluding hydrogens is 238 g/mol. The molecule has 17 heavy (non-hydrogen) atoms. The first-order chi connectivity index (χ1) is 8.29. The molecule has 0 atom stereocenters. The molecule has 0 radical (unpaired) electrons. The Labute approximate surface area is 107 Å². The quantitative estimate of drug-likeness (QED) is 0.759. The average molecular weight is 254 g/mol. The largest absolute Gasteiger partial charge is 0.381 e. The summed E-state index contributed by atoms with van der Waals surface area (Å²) in [5, 5.41) is 12.3. The van der Waals surface area contributed by atoms with E-state index in [1.54, 1.807) is 12.3 Å². The van der Waals surface area contributed by atoms with Crippen molar-refractivity contribution in [3.63, 3.8) is 0 Å². The van der Waals surface area contributed by atoms with Crippen LogP contribution in [0.1, 0.15) is 25.3 Å². The van der Waals surface area contributed by atoms with Crippen LogP contribution in [-0.2, 0) is 4.74 Å². The lowest BCUT2D eigenvalue weighted by Gasteiger charge is -2.08. The summed E-state index contributed by atoms with van der Waals surface area (Å²) in [6.45, 7) is 4.32. The molecule has 0 aliphatic heterocycles. The predicted molar refractivity (Wildman–Crippen MR) is 68.2 cm³/mol. The fraction of sp³-hybridized carbons (Fsp3) is 0.500. The minimum atomic E-state index is 0.379. The minimum Gasteiger partial charge on any atom is -0.381 e. The highest BCUT2D eigenvalue weighted by molar-refractivity contribution is 6.34. The van der Waals surface area contributed by atoms with E-state index in [1.165, 1.54) is 0 Å². The van der Waals surface area contributed by atoms with E-state index in [-0.39, 0.29) is 0 Å². The van der Waals surface area contributed by atoms with Gasteiger partial charge in [-0.2, -0.15) is 5.26 Å². The summed E-state index contributed by atoms with van der Waals surface area (Å²) in [7, 11) is 0. The van der Waals surface area contributed by atoms with Gasteiger partial charge in [0.15, 0.2) is 0 Å². The highest BCUT2D eigenvalue weighted by Crippen LogP contribution is 2.22. The van der Waals surface area contributed by atoms with Gasteiger partial charge in [-0.1, -0.05) is 18.5 Å². The van der Waals surface area contributed by atoms with Crippen LogP contribution in [0, 0.1) is 11.3 Å². The van der Waals surface area contributed by atoms with Gasteiger partial charge in [-0.3, -0.25) is 0 Å². The molecule has 4 nitrogen and oxygen atoms in total. The Balaban J connectivity index is 2.35. The Morgan fingerprint density at radius 3 is 3.06 bits per heavy atom. The molecule has 1 heterocycles. The lowest BCUT2D eigenvalue weighted by atomic mass is 10.3. The standard InChI is InChI=1S/C12H16ClN3O/c1-2-7-17-8-3-5-15-12-11(13)10(9-14)4-6-16-12/h4,6H,2-3,5,7-8H2,1H3,(H,15,16). The van der Waals surface area contributed by atoms with Gasteiger partial charge in [-0.25, -0.2) is 4.98 Å². The monoisotopic (exact) mass is 253 g/mol. The molecule has 1 rings (SSSR count). The van der Waals surface area contributed by atoms with Gasteiger partial charge >= 0.3 is 0 Å². The third-order valence-corrected chi connectivity index (χ3v) is 2.50. The zero-order valence-corrected chi connectivity index (χ0v) is 10.6. The van der Waals surface area contributed by atoms with Crippen molar-refractivity contribution in [2.75, 3.05) is 25.1 Å². The molecule has 0 spiro atoms. The molecule has 5 heteroatoms. The van der Waals surface area contributed by atoms with Crippen molar-refractivity contribution in [2.24, 2.45) is 0 Å². The summed E-state index contributed by atoms with van der Waals surface area (Å²) < 4.78 is 5.35. The molecule has 0 aromatic carbocycles. The molecule has 0 amide bonds. The fourth-order valence-electron chi connectivity index (χ4n) is 1.28. The SMILES string of the molecule is CCCOCCCNc1nccc(C#N)c1Cl. The van der Waals surface area contributed by atoms with E-state index in [1.807, 2.05) is 6.07 Å². The van der Waals surface area contributed by atoms with Crippen LogP contribution in [0.25, 0.3) is 0 Å². The number of halogens is 1. The molecule has 1 N–H and O–H groups in total. The number of pyridine rings is 1. The van der Waals surface area contributed by atoms with Gasteiger partial charge in [0.25, 0.3) is 0 Å². The number of hydrogen-bond donors (Lipinski definition) is 1. The number of nitrogens with zero attached hydrogens (tertiary/aromatic N) is 2. The number of anilines is 1. The van der Waals surface area contributed by atoms with Crippen molar-refractivity contribution < 1.29 is 4.74 Å². The van der Waals surface area contributed by atoms with E-state index >= 15 is 0 Å². The van der Waals surface area contributed by atoms with Gasteiger partial charge in [0.2, 0.25) is 0 Å². The predicted octanol–water partition coefficient (Wildman–Crippen LogP) is 2.84. The molecule has 0 fully saturated rings. The van der Waals surface area contributed by atoms with Crippen LogP contribution >= 0.6 is 11.6 Å². The second-order valence-electron chi connectivity index (χ2n) is 3.53. The fourth-order valence-corrected chi connectivity index (χ4v) is 1.50. The van der Waals surface area contributed by atoms with Gasteiger partial charge < -0.3 is 10.1 Å². The highest BCUT2D eigenvalue weighted by Gasteiger charge is 2.05. The lowest BCUT2D eigenvalue weighted by molar-refractivity contribution is 0.134. The molecule has 0 unspecified atom stereocenters. The average Bonchev–Trinajstić information content (AvgIpc) is 2.35. The zero-order chi connectivity index (χ0) is 12.5. The molecule has 1 aromatic rings. The van der Waals surface area contributed by atoms with Crippen molar-refractivity contribution in [3.05, 3.63) is 22.8 Å². The lowest BCUT2D eigenvalue weighted by Crippen LogP contribution is -2.08. The normalized spacial score (nSPS) is 9.94. The van der Waals surface area contributed by atoms with Crippen molar-refractivity contribution in [3.8, 4) is 6.07 Å². The van der Waals surface area contributed by atoms with Crippen LogP contribution in [0.3, 0.4) is 0 Å². The zero-order valence-electron chi connectivity index (χ0n) is 9.87. The summed E-state index contributed by atoms with van der Waals surface area (Å²) in [5.41, 5.74) is 0.436. The molecular formula is C12H16ClN3O. The first kappa shape index (κ1) is 13.8. The van der Waals surface area contributed by atoms with E-state index in [0.29, 0.717) is 16.4 Å². The Hall–Kier alpha value is -1.31. The summed E-state index contributed by atoms with van der Waals surface area (Å²) in [6, 6.07) is 3.61. The first-order valence-electron chi connectivity index (χ1n) is 5.65. The maximum absolute atomic E-state index is 8.80. The third-order valence-electron chi connectivity index (χ3n) is 2.12. The number of nitriles is 1. The van der Waals surface area contributed by atoms with Crippen molar-refractivity contribution in [1.82, 2.24) is 4.98 Å². The summed E-state index contributed by atoms with van der Waals surface area (Å²) in [6.07, 6.45) is 3.49. The maximum Gasteiger partial charge on any atom is 0.146 e. The number of hydrogen-bond acceptors (Lipinski definition) is 4. The van der Waals surface area contributed by atoms with Crippen LogP contribution in [0.5, 0.6) is 0 Å². The van der Waals surface area contributed by atoms with E-state index < -0.39 is 0 Å². The Bertz CT molecular complexity index is 390. The summed E-state index contributed by atoms with van der Waals surface area (Å²) in [5.74, 6) is 0.557. The Morgan fingerprint density at radius 2 is 2.35 bits per heavy atom. The Kier molecular flexibility index (Phi) is 6.38. The highest BCUT2D eigenvalue weighted by atomic mass is 35.5. The van der Waals surface area contributed by atoms with Crippen LogP contribution < -0.4 is 5.32 Å².